The summed E-state index contributed by atoms with van der Waals surface area (Å²) in [6, 6.07) is 9.25. The Kier molecular flexibility index (Phi) is 4.96. The number of alkyl halides is 1. The van der Waals surface area contributed by atoms with Crippen LogP contribution in [0.1, 0.15) is 16.0 Å². The van der Waals surface area contributed by atoms with Crippen LogP contribution in [0.4, 0.5) is 5.69 Å². The van der Waals surface area contributed by atoms with Crippen LogP contribution in [0.25, 0.3) is 0 Å². The highest BCUT2D eigenvalue weighted by atomic mass is 35.5. The van der Waals surface area contributed by atoms with E-state index in [0.717, 1.165) is 16.0 Å². The van der Waals surface area contributed by atoms with Gasteiger partial charge in [0.15, 0.2) is 0 Å². The van der Waals surface area contributed by atoms with Crippen molar-refractivity contribution in [3.05, 3.63) is 46.3 Å². The fourth-order valence-electron chi connectivity index (χ4n) is 2.13. The Morgan fingerprint density at radius 2 is 1.76 bits per heavy atom. The highest BCUT2D eigenvalue weighted by Gasteiger charge is 2.23. The second kappa shape index (κ2) is 6.38. The van der Waals surface area contributed by atoms with E-state index in [1.54, 1.807) is 13.1 Å². The molecule has 1 heterocycles. The lowest BCUT2D eigenvalue weighted by Crippen LogP contribution is -2.25. The lowest BCUT2D eigenvalue weighted by atomic mass is 10.1. The number of hydrogen-bond donors (Lipinski definition) is 0. The van der Waals surface area contributed by atoms with Crippen molar-refractivity contribution < 1.29 is 8.42 Å². The molecule has 2 rings (SSSR count). The number of hydrogen-bond acceptors (Lipinski definition) is 3. The quantitative estimate of drug-likeness (QED) is 0.770. The van der Waals surface area contributed by atoms with Gasteiger partial charge in [-0.25, -0.2) is 8.42 Å². The SMILES string of the molecule is Cc1cc(C)cc(N(C)S(=O)(=O)c2ccc(CCCl)s2)c1. The van der Waals surface area contributed by atoms with Gasteiger partial charge in [0.1, 0.15) is 4.21 Å². The zero-order valence-corrected chi connectivity index (χ0v) is 14.6. The second-order valence-corrected chi connectivity index (χ2v) is 8.72. The van der Waals surface area contributed by atoms with Gasteiger partial charge in [0.25, 0.3) is 10.0 Å². The smallest absolute Gasteiger partial charge is 0.269 e. The predicted octanol–water partition coefficient (Wildman–Crippen LogP) is 3.97. The van der Waals surface area contributed by atoms with Gasteiger partial charge in [0.05, 0.1) is 5.69 Å². The number of anilines is 1. The summed E-state index contributed by atoms with van der Waals surface area (Å²) in [5, 5.41) is 0. The van der Waals surface area contributed by atoms with Gasteiger partial charge in [0, 0.05) is 17.8 Å². The number of aryl methyl sites for hydroxylation is 3. The Balaban J connectivity index is 2.37. The summed E-state index contributed by atoms with van der Waals surface area (Å²) in [5.41, 5.74) is 2.77. The molecule has 6 heteroatoms. The molecular weight excluding hydrogens is 326 g/mol. The molecule has 21 heavy (non-hydrogen) atoms. The third kappa shape index (κ3) is 3.59. The molecule has 0 aliphatic rings. The molecule has 0 atom stereocenters. The van der Waals surface area contributed by atoms with Crippen LogP contribution < -0.4 is 4.31 Å². The number of nitrogens with zero attached hydrogens (tertiary/aromatic N) is 1. The minimum absolute atomic E-state index is 0.351. The normalized spacial score (nSPS) is 11.6. The number of sulfonamides is 1. The molecule has 0 unspecified atom stereocenters. The molecule has 2 aromatic rings. The molecule has 0 radical (unpaired) electrons. The third-order valence-electron chi connectivity index (χ3n) is 3.16. The second-order valence-electron chi connectivity index (χ2n) is 4.98. The van der Waals surface area contributed by atoms with Crippen LogP contribution in [0.2, 0.25) is 0 Å². The van der Waals surface area contributed by atoms with Gasteiger partial charge < -0.3 is 0 Å². The Morgan fingerprint density at radius 3 is 2.33 bits per heavy atom. The summed E-state index contributed by atoms with van der Waals surface area (Å²) >= 11 is 6.98. The summed E-state index contributed by atoms with van der Waals surface area (Å²) in [7, 11) is -1.93. The first-order valence-corrected chi connectivity index (χ1v) is 9.35. The van der Waals surface area contributed by atoms with E-state index >= 15 is 0 Å². The van der Waals surface area contributed by atoms with Gasteiger partial charge >= 0.3 is 0 Å². The van der Waals surface area contributed by atoms with Crippen LogP contribution in [0.5, 0.6) is 0 Å². The van der Waals surface area contributed by atoms with E-state index in [2.05, 4.69) is 0 Å². The first-order valence-electron chi connectivity index (χ1n) is 6.56. The fourth-order valence-corrected chi connectivity index (χ4v) is 5.15. The molecule has 0 aliphatic carbocycles. The first kappa shape index (κ1) is 16.3. The molecule has 1 aromatic heterocycles. The highest BCUT2D eigenvalue weighted by Crippen LogP contribution is 2.29. The van der Waals surface area contributed by atoms with Gasteiger partial charge in [-0.05, 0) is 55.7 Å². The van der Waals surface area contributed by atoms with Crippen LogP contribution in [0, 0.1) is 13.8 Å². The zero-order chi connectivity index (χ0) is 15.6. The molecule has 0 saturated heterocycles. The highest BCUT2D eigenvalue weighted by molar-refractivity contribution is 7.94. The van der Waals surface area contributed by atoms with Crippen molar-refractivity contribution in [3.63, 3.8) is 0 Å². The van der Waals surface area contributed by atoms with Gasteiger partial charge in [-0.2, -0.15) is 0 Å². The van der Waals surface area contributed by atoms with Crippen LogP contribution >= 0.6 is 22.9 Å². The first-order chi connectivity index (χ1) is 9.84. The number of rotatable bonds is 5. The van der Waals surface area contributed by atoms with Crippen LogP contribution in [-0.4, -0.2) is 21.3 Å². The lowest BCUT2D eigenvalue weighted by Gasteiger charge is -2.19. The largest absolute Gasteiger partial charge is 0.273 e. The van der Waals surface area contributed by atoms with Gasteiger partial charge in [-0.15, -0.1) is 22.9 Å². The van der Waals surface area contributed by atoms with Crippen LogP contribution in [-0.2, 0) is 16.4 Å². The summed E-state index contributed by atoms with van der Waals surface area (Å²) in [6.45, 7) is 3.92. The molecule has 0 amide bonds. The predicted molar refractivity (Wildman–Crippen MR) is 90.2 cm³/mol. The minimum Gasteiger partial charge on any atom is -0.269 e. The lowest BCUT2D eigenvalue weighted by molar-refractivity contribution is 0.596. The van der Waals surface area contributed by atoms with Crippen molar-refractivity contribution in [1.82, 2.24) is 0 Å². The average Bonchev–Trinajstić information content (AvgIpc) is 2.86. The molecule has 3 nitrogen and oxygen atoms in total. The maximum absolute atomic E-state index is 12.7. The van der Waals surface area contributed by atoms with Crippen LogP contribution in [0.15, 0.2) is 34.5 Å². The maximum atomic E-state index is 12.7. The summed E-state index contributed by atoms with van der Waals surface area (Å²) < 4.78 is 27.0. The van der Waals surface area contributed by atoms with E-state index in [9.17, 15) is 8.42 Å². The molecule has 1 aromatic carbocycles. The molecule has 0 fully saturated rings. The van der Waals surface area contributed by atoms with Gasteiger partial charge in [-0.1, -0.05) is 6.07 Å². The van der Waals surface area contributed by atoms with E-state index in [0.29, 0.717) is 22.2 Å². The van der Waals surface area contributed by atoms with Crippen molar-refractivity contribution in [2.24, 2.45) is 0 Å². The van der Waals surface area contributed by atoms with Crippen molar-refractivity contribution in [2.45, 2.75) is 24.5 Å². The Hall–Kier alpha value is -1.04. The fraction of sp³-hybridized carbons (Fsp3) is 0.333. The van der Waals surface area contributed by atoms with Crippen molar-refractivity contribution in [1.29, 1.82) is 0 Å². The van der Waals surface area contributed by atoms with E-state index in [-0.39, 0.29) is 0 Å². The molecule has 0 spiro atoms. The molecule has 0 saturated carbocycles. The number of thiophene rings is 1. The molecule has 0 bridgehead atoms. The van der Waals surface area contributed by atoms with Crippen molar-refractivity contribution in [2.75, 3.05) is 17.2 Å². The standard InChI is InChI=1S/C15H18ClNO2S2/c1-11-8-12(2)10-13(9-11)17(3)21(18,19)15-5-4-14(20-15)6-7-16/h4-5,8-10H,6-7H2,1-3H3. The monoisotopic (exact) mass is 343 g/mol. The molecule has 0 aliphatic heterocycles. The summed E-state index contributed by atoms with van der Waals surface area (Å²) in [5.74, 6) is 0.493. The van der Waals surface area contributed by atoms with E-state index in [1.165, 1.54) is 15.6 Å². The maximum Gasteiger partial charge on any atom is 0.273 e. The summed E-state index contributed by atoms with van der Waals surface area (Å²) in [4.78, 5) is 0.984. The van der Waals surface area contributed by atoms with E-state index in [1.807, 2.05) is 38.1 Å². The molecular formula is C15H18ClNO2S2. The Bertz CT molecular complexity index is 718. The number of halogens is 1. The third-order valence-corrected chi connectivity index (χ3v) is 6.75. The summed E-state index contributed by atoms with van der Waals surface area (Å²) in [6.07, 6.45) is 0.689. The van der Waals surface area contributed by atoms with Crippen molar-refractivity contribution >= 4 is 38.6 Å². The molecule has 114 valence electrons. The van der Waals surface area contributed by atoms with Crippen LogP contribution in [0.3, 0.4) is 0 Å². The minimum atomic E-state index is -3.51. The molecule has 0 N–H and O–H groups in total. The zero-order valence-electron chi connectivity index (χ0n) is 12.3. The Morgan fingerprint density at radius 1 is 1.14 bits per heavy atom. The number of benzene rings is 1. The average molecular weight is 344 g/mol. The van der Waals surface area contributed by atoms with E-state index < -0.39 is 10.0 Å². The van der Waals surface area contributed by atoms with Gasteiger partial charge in [0.2, 0.25) is 0 Å². The van der Waals surface area contributed by atoms with E-state index in [4.69, 9.17) is 11.6 Å². The van der Waals surface area contributed by atoms with Gasteiger partial charge in [-0.3, -0.25) is 4.31 Å². The van der Waals surface area contributed by atoms with Crippen molar-refractivity contribution in [3.8, 4) is 0 Å². The topological polar surface area (TPSA) is 37.4 Å². The Labute approximate surface area is 135 Å².